The van der Waals surface area contributed by atoms with Crippen molar-refractivity contribution in [2.45, 2.75) is 18.6 Å². The summed E-state index contributed by atoms with van der Waals surface area (Å²) in [5.74, 6) is 0.433. The van der Waals surface area contributed by atoms with Gasteiger partial charge in [-0.2, -0.15) is 13.2 Å². The molecule has 234 valence electrons. The quantitative estimate of drug-likeness (QED) is 0.387. The Morgan fingerprint density at radius 3 is 2.16 bits per heavy atom. The number of carboxylic acid groups (broad SMARTS) is 2. The van der Waals surface area contributed by atoms with Crippen LogP contribution in [0.25, 0.3) is 0 Å². The molecule has 5 rings (SSSR count). The predicted molar refractivity (Wildman–Crippen MR) is 150 cm³/mol. The van der Waals surface area contributed by atoms with Crippen LogP contribution in [0.4, 0.5) is 22.8 Å². The molecule has 4 heterocycles. The third-order valence-electron chi connectivity index (χ3n) is 7.00. The second-order valence-corrected chi connectivity index (χ2v) is 9.90. The highest BCUT2D eigenvalue weighted by molar-refractivity contribution is 5.78. The van der Waals surface area contributed by atoms with Crippen LogP contribution in [-0.2, 0) is 17.4 Å². The van der Waals surface area contributed by atoms with E-state index in [0.29, 0.717) is 57.8 Å². The van der Waals surface area contributed by atoms with Gasteiger partial charge in [0.15, 0.2) is 0 Å². The molecule has 2 aliphatic rings. The molecule has 12 nitrogen and oxygen atoms in total. The molecule has 0 aliphatic carbocycles. The Bertz CT molecular complexity index is 1400. The summed E-state index contributed by atoms with van der Waals surface area (Å²) in [5, 5.41) is 21.2. The third kappa shape index (κ3) is 8.80. The van der Waals surface area contributed by atoms with Gasteiger partial charge in [-0.15, -0.1) is 0 Å². The molecule has 3 N–H and O–H groups in total. The van der Waals surface area contributed by atoms with Gasteiger partial charge in [-0.3, -0.25) is 14.7 Å². The van der Waals surface area contributed by atoms with E-state index in [1.165, 1.54) is 9.80 Å². The predicted octanol–water partition coefficient (Wildman–Crippen LogP) is 3.96. The Kier molecular flexibility index (Phi) is 10.6. The normalized spacial score (nSPS) is 16.9. The first kappa shape index (κ1) is 32.0. The van der Waals surface area contributed by atoms with Gasteiger partial charge in [-0.25, -0.2) is 14.6 Å². The van der Waals surface area contributed by atoms with Gasteiger partial charge in [0, 0.05) is 70.0 Å². The summed E-state index contributed by atoms with van der Waals surface area (Å²) in [6, 6.07) is 13.9. The molecule has 0 radical (unpaired) electrons. The van der Waals surface area contributed by atoms with E-state index >= 15 is 0 Å². The van der Waals surface area contributed by atoms with Crippen LogP contribution in [0, 0.1) is 0 Å². The Morgan fingerprint density at radius 2 is 1.59 bits per heavy atom. The van der Waals surface area contributed by atoms with Crippen LogP contribution in [-0.4, -0.2) is 98.8 Å². The zero-order chi connectivity index (χ0) is 31.7. The van der Waals surface area contributed by atoms with E-state index in [1.54, 1.807) is 41.4 Å². The SMILES string of the molecule is O=C(O)N1CCN(C(=O)Cc2ccccn2)CC1.O=C(O)N1CCNCC1c1ccc(Oc2ccc(C(F)(F)F)cn2)cc1. The number of aromatic nitrogens is 2. The largest absolute Gasteiger partial charge is 0.465 e. The minimum Gasteiger partial charge on any atom is -0.465 e. The van der Waals surface area contributed by atoms with Crippen molar-refractivity contribution in [3.8, 4) is 11.6 Å². The molecule has 2 aromatic heterocycles. The lowest BCUT2D eigenvalue weighted by Crippen LogP contribution is -2.50. The molecule has 15 heteroatoms. The van der Waals surface area contributed by atoms with E-state index in [-0.39, 0.29) is 24.2 Å². The van der Waals surface area contributed by atoms with Gasteiger partial charge in [0.2, 0.25) is 11.8 Å². The number of pyridine rings is 2. The van der Waals surface area contributed by atoms with Crippen molar-refractivity contribution in [1.29, 1.82) is 0 Å². The highest BCUT2D eigenvalue weighted by Crippen LogP contribution is 2.30. The van der Waals surface area contributed by atoms with E-state index in [4.69, 9.17) is 9.84 Å². The van der Waals surface area contributed by atoms with Gasteiger partial charge in [0.25, 0.3) is 0 Å². The van der Waals surface area contributed by atoms with Crippen molar-refractivity contribution >= 4 is 18.1 Å². The molecule has 0 spiro atoms. The van der Waals surface area contributed by atoms with E-state index in [9.17, 15) is 32.7 Å². The smallest absolute Gasteiger partial charge is 0.417 e. The van der Waals surface area contributed by atoms with Crippen molar-refractivity contribution in [2.24, 2.45) is 0 Å². The zero-order valence-electron chi connectivity index (χ0n) is 23.5. The Hall–Kier alpha value is -4.92. The molecule has 44 heavy (non-hydrogen) atoms. The molecule has 2 saturated heterocycles. The van der Waals surface area contributed by atoms with Crippen molar-refractivity contribution in [2.75, 3.05) is 45.8 Å². The zero-order valence-corrected chi connectivity index (χ0v) is 23.5. The van der Waals surface area contributed by atoms with Gasteiger partial charge in [0.1, 0.15) is 5.75 Å². The number of carbonyl (C=O) groups excluding carboxylic acids is 1. The maximum absolute atomic E-state index is 12.5. The molecule has 2 fully saturated rings. The molecule has 0 bridgehead atoms. The Morgan fingerprint density at radius 1 is 0.886 bits per heavy atom. The number of hydrogen-bond donors (Lipinski definition) is 3. The van der Waals surface area contributed by atoms with Gasteiger partial charge < -0.3 is 30.1 Å². The molecule has 0 saturated carbocycles. The number of ether oxygens (including phenoxy) is 1. The van der Waals surface area contributed by atoms with E-state index in [0.717, 1.165) is 23.4 Å². The summed E-state index contributed by atoms with van der Waals surface area (Å²) < 4.78 is 43.0. The van der Waals surface area contributed by atoms with Gasteiger partial charge >= 0.3 is 18.4 Å². The van der Waals surface area contributed by atoms with E-state index in [1.807, 2.05) is 12.1 Å². The first-order valence-electron chi connectivity index (χ1n) is 13.7. The van der Waals surface area contributed by atoms with Crippen LogP contribution < -0.4 is 10.1 Å². The van der Waals surface area contributed by atoms with Crippen LogP contribution in [0.15, 0.2) is 67.0 Å². The summed E-state index contributed by atoms with van der Waals surface area (Å²) in [6.45, 7) is 3.17. The van der Waals surface area contributed by atoms with Crippen LogP contribution in [0.5, 0.6) is 11.6 Å². The van der Waals surface area contributed by atoms with Crippen LogP contribution in [0.1, 0.15) is 22.9 Å². The third-order valence-corrected chi connectivity index (χ3v) is 7.00. The molecular weight excluding hydrogens is 585 g/mol. The summed E-state index contributed by atoms with van der Waals surface area (Å²) in [5.41, 5.74) is 0.689. The standard InChI is InChI=1S/C17H16F3N3O3.C12H15N3O3/c18-17(19,20)12-3-6-15(22-9-12)26-13-4-1-11(2-5-13)14-10-21-7-8-23(14)16(24)25;16-11(9-10-3-1-2-4-13-10)14-5-7-15(8-6-14)12(17)18/h1-6,9,14,21H,7-8,10H2,(H,24,25);1-4H,5-9H2,(H,17,18). The van der Waals surface area contributed by atoms with Crippen LogP contribution in [0.3, 0.4) is 0 Å². The monoisotopic (exact) mass is 616 g/mol. The minimum absolute atomic E-state index is 0.00117. The number of benzene rings is 1. The number of rotatable bonds is 5. The van der Waals surface area contributed by atoms with Gasteiger partial charge in [0.05, 0.1) is 18.0 Å². The first-order chi connectivity index (χ1) is 21.0. The molecule has 3 amide bonds. The number of amides is 3. The van der Waals surface area contributed by atoms with Gasteiger partial charge in [-0.05, 0) is 35.9 Å². The lowest BCUT2D eigenvalue weighted by Gasteiger charge is -2.34. The average Bonchev–Trinajstić information content (AvgIpc) is 3.02. The van der Waals surface area contributed by atoms with Crippen molar-refractivity contribution in [3.63, 3.8) is 0 Å². The molecule has 1 atom stereocenters. The van der Waals surface area contributed by atoms with Gasteiger partial charge in [-0.1, -0.05) is 18.2 Å². The van der Waals surface area contributed by atoms with Crippen molar-refractivity contribution in [3.05, 3.63) is 83.8 Å². The lowest BCUT2D eigenvalue weighted by atomic mass is 10.0. The maximum Gasteiger partial charge on any atom is 0.417 e. The highest BCUT2D eigenvalue weighted by Gasteiger charge is 2.31. The summed E-state index contributed by atoms with van der Waals surface area (Å²) >= 11 is 0. The van der Waals surface area contributed by atoms with E-state index in [2.05, 4.69) is 15.3 Å². The Balaban J connectivity index is 0.000000215. The summed E-state index contributed by atoms with van der Waals surface area (Å²) in [6.07, 6.45) is -3.71. The molecule has 1 unspecified atom stereocenters. The number of hydrogen-bond acceptors (Lipinski definition) is 7. The molecular formula is C29H31F3N6O6. The van der Waals surface area contributed by atoms with Crippen molar-refractivity contribution < 1.29 is 42.5 Å². The number of carbonyl (C=O) groups is 3. The number of piperazine rings is 2. The highest BCUT2D eigenvalue weighted by atomic mass is 19.4. The van der Waals surface area contributed by atoms with E-state index < -0.39 is 23.9 Å². The molecule has 1 aromatic carbocycles. The molecule has 3 aromatic rings. The van der Waals surface area contributed by atoms with Crippen molar-refractivity contribution in [1.82, 2.24) is 30.0 Å². The average molecular weight is 617 g/mol. The molecule has 2 aliphatic heterocycles. The Labute approximate surface area is 250 Å². The fourth-order valence-corrected chi connectivity index (χ4v) is 4.63. The summed E-state index contributed by atoms with van der Waals surface area (Å²) in [4.78, 5) is 46.2. The maximum atomic E-state index is 12.5. The second-order valence-electron chi connectivity index (χ2n) is 9.90. The fourth-order valence-electron chi connectivity index (χ4n) is 4.63. The second kappa shape index (κ2) is 14.5. The number of nitrogens with one attached hydrogen (secondary N) is 1. The topological polar surface area (TPSA) is 148 Å². The lowest BCUT2D eigenvalue weighted by molar-refractivity contribution is -0.138. The van der Waals surface area contributed by atoms with Crippen LogP contribution in [0.2, 0.25) is 0 Å². The number of halogens is 3. The number of nitrogens with zero attached hydrogens (tertiary/aromatic N) is 5. The number of alkyl halides is 3. The summed E-state index contributed by atoms with van der Waals surface area (Å²) in [7, 11) is 0. The fraction of sp³-hybridized carbons (Fsp3) is 0.345. The first-order valence-corrected chi connectivity index (χ1v) is 13.7. The van der Waals surface area contributed by atoms with Crippen LogP contribution >= 0.6 is 0 Å². The minimum atomic E-state index is -4.45.